The summed E-state index contributed by atoms with van der Waals surface area (Å²) in [5.41, 5.74) is 5.58. The normalized spacial score (nSPS) is 22.1. The lowest BCUT2D eigenvalue weighted by atomic mass is 9.79. The molecule has 1 amide bonds. The molecule has 1 fully saturated rings. The van der Waals surface area contributed by atoms with Gasteiger partial charge in [0.1, 0.15) is 0 Å². The van der Waals surface area contributed by atoms with Gasteiger partial charge in [-0.1, -0.05) is 44.5 Å². The molecule has 1 atom stereocenters. The second-order valence-electron chi connectivity index (χ2n) is 9.50. The highest BCUT2D eigenvalue weighted by Gasteiger charge is 2.36. The largest absolute Gasteiger partial charge is 0.366 e. The van der Waals surface area contributed by atoms with Gasteiger partial charge in [0.05, 0.1) is 10.6 Å². The minimum Gasteiger partial charge on any atom is -0.366 e. The van der Waals surface area contributed by atoms with Crippen molar-refractivity contribution in [2.24, 2.45) is 4.99 Å². The number of hydrogen-bond donors (Lipinski definition) is 1. The highest BCUT2D eigenvalue weighted by atomic mass is 35.5. The van der Waals surface area contributed by atoms with Crippen LogP contribution in [0.15, 0.2) is 46.3 Å². The van der Waals surface area contributed by atoms with Gasteiger partial charge in [-0.2, -0.15) is 0 Å². The van der Waals surface area contributed by atoms with Crippen LogP contribution in [0.1, 0.15) is 70.1 Å². The summed E-state index contributed by atoms with van der Waals surface area (Å²) in [6.45, 7) is 12.2. The Labute approximate surface area is 206 Å². The van der Waals surface area contributed by atoms with Crippen molar-refractivity contribution in [3.63, 3.8) is 0 Å². The predicted molar refractivity (Wildman–Crippen MR) is 143 cm³/mol. The van der Waals surface area contributed by atoms with Crippen molar-refractivity contribution in [2.75, 3.05) is 11.4 Å². The van der Waals surface area contributed by atoms with Crippen LogP contribution in [0.3, 0.4) is 0 Å². The standard InChI is InChI=1S/C27H32ClN3OS/c1-6-12-31-23-15-22(28)19(13-21(23)17(3)16-27(31,4)5)14-24-25(32)30-26(33-24)29-20-10-8-18(7-2)9-11-20/h8-11,13-15,17H,6-7,12,16H2,1-5H3,(H,29,30,32)/b24-14+. The fourth-order valence-electron chi connectivity index (χ4n) is 4.82. The summed E-state index contributed by atoms with van der Waals surface area (Å²) in [6, 6.07) is 12.3. The monoisotopic (exact) mass is 481 g/mol. The Bertz CT molecular complexity index is 1120. The van der Waals surface area contributed by atoms with Crippen LogP contribution in [0, 0.1) is 0 Å². The summed E-state index contributed by atoms with van der Waals surface area (Å²) < 4.78 is 0. The molecular weight excluding hydrogens is 450 g/mol. The van der Waals surface area contributed by atoms with Gasteiger partial charge in [0, 0.05) is 22.8 Å². The molecule has 0 spiro atoms. The Morgan fingerprint density at radius 3 is 2.64 bits per heavy atom. The average Bonchev–Trinajstić information content (AvgIpc) is 3.11. The van der Waals surface area contributed by atoms with Gasteiger partial charge in [-0.15, -0.1) is 0 Å². The number of amides is 1. The van der Waals surface area contributed by atoms with Crippen molar-refractivity contribution in [3.8, 4) is 0 Å². The lowest BCUT2D eigenvalue weighted by Gasteiger charge is -2.47. The number of fused-ring (bicyclic) bond motifs is 1. The quantitative estimate of drug-likeness (QED) is 0.456. The fourth-order valence-corrected chi connectivity index (χ4v) is 5.87. The number of aliphatic imine (C=N–C) groups is 1. The highest BCUT2D eigenvalue weighted by Crippen LogP contribution is 2.45. The van der Waals surface area contributed by atoms with Crippen molar-refractivity contribution in [1.82, 2.24) is 5.32 Å². The molecule has 4 rings (SSSR count). The fraction of sp³-hybridized carbons (Fsp3) is 0.407. The first kappa shape index (κ1) is 23.9. The zero-order valence-electron chi connectivity index (χ0n) is 20.0. The molecule has 0 radical (unpaired) electrons. The topological polar surface area (TPSA) is 44.7 Å². The summed E-state index contributed by atoms with van der Waals surface area (Å²) in [6.07, 6.45) is 5.05. The number of aryl methyl sites for hydroxylation is 1. The number of rotatable bonds is 5. The van der Waals surface area contributed by atoms with Crippen molar-refractivity contribution in [3.05, 3.63) is 63.0 Å². The first-order valence-corrected chi connectivity index (χ1v) is 12.9. The van der Waals surface area contributed by atoms with Gasteiger partial charge in [-0.3, -0.25) is 4.79 Å². The second-order valence-corrected chi connectivity index (χ2v) is 10.9. The molecule has 2 heterocycles. The van der Waals surface area contributed by atoms with E-state index in [9.17, 15) is 4.79 Å². The highest BCUT2D eigenvalue weighted by molar-refractivity contribution is 8.18. The molecule has 4 nitrogen and oxygen atoms in total. The molecule has 0 saturated carbocycles. The van der Waals surface area contributed by atoms with Crippen molar-refractivity contribution < 1.29 is 4.79 Å². The Kier molecular flexibility index (Phi) is 6.92. The first-order chi connectivity index (χ1) is 15.7. The zero-order chi connectivity index (χ0) is 23.8. The number of thioether (sulfide) groups is 1. The molecule has 2 aromatic rings. The maximum absolute atomic E-state index is 12.6. The number of benzene rings is 2. The lowest BCUT2D eigenvalue weighted by molar-refractivity contribution is -0.115. The number of hydrogen-bond acceptors (Lipinski definition) is 4. The Hall–Kier alpha value is -2.24. The van der Waals surface area contributed by atoms with Crippen molar-refractivity contribution in [1.29, 1.82) is 0 Å². The van der Waals surface area contributed by atoms with E-state index in [1.165, 1.54) is 28.6 Å². The van der Waals surface area contributed by atoms with Gasteiger partial charge >= 0.3 is 0 Å². The van der Waals surface area contributed by atoms with E-state index in [2.05, 4.69) is 74.1 Å². The molecule has 0 bridgehead atoms. The summed E-state index contributed by atoms with van der Waals surface area (Å²) in [7, 11) is 0. The third-order valence-corrected chi connectivity index (χ3v) is 7.70. The maximum Gasteiger partial charge on any atom is 0.264 e. The number of carbonyl (C=O) groups excluding carboxylic acids is 1. The second kappa shape index (κ2) is 9.55. The third-order valence-electron chi connectivity index (χ3n) is 6.46. The SMILES string of the molecule is CCCN1c2cc(Cl)c(/C=C3/SC(=Nc4ccc(CC)cc4)NC3=O)cc2C(C)CC1(C)C. The van der Waals surface area contributed by atoms with Crippen LogP contribution >= 0.6 is 23.4 Å². The number of nitrogens with zero attached hydrogens (tertiary/aromatic N) is 2. The zero-order valence-corrected chi connectivity index (χ0v) is 21.6. The predicted octanol–water partition coefficient (Wildman–Crippen LogP) is 7.30. The van der Waals surface area contributed by atoms with Crippen LogP contribution in [0.5, 0.6) is 0 Å². The van der Waals surface area contributed by atoms with Crippen LogP contribution in [0.4, 0.5) is 11.4 Å². The first-order valence-electron chi connectivity index (χ1n) is 11.7. The minimum absolute atomic E-state index is 0.0909. The summed E-state index contributed by atoms with van der Waals surface area (Å²) in [4.78, 5) is 20.3. The maximum atomic E-state index is 12.6. The summed E-state index contributed by atoms with van der Waals surface area (Å²) >= 11 is 8.10. The van der Waals surface area contributed by atoms with E-state index in [-0.39, 0.29) is 11.4 Å². The third kappa shape index (κ3) is 4.99. The van der Waals surface area contributed by atoms with Crippen LogP contribution in [-0.4, -0.2) is 23.2 Å². The molecule has 33 heavy (non-hydrogen) atoms. The van der Waals surface area contributed by atoms with Crippen molar-refractivity contribution in [2.45, 2.75) is 65.3 Å². The number of carbonyl (C=O) groups is 1. The van der Waals surface area contributed by atoms with Crippen LogP contribution in [0.2, 0.25) is 5.02 Å². The Balaban J connectivity index is 1.63. The molecule has 2 aliphatic rings. The molecule has 0 aliphatic carbocycles. The van der Waals surface area contributed by atoms with E-state index in [1.54, 1.807) is 0 Å². The Morgan fingerprint density at radius 2 is 1.97 bits per heavy atom. The summed E-state index contributed by atoms with van der Waals surface area (Å²) in [5, 5.41) is 4.14. The van der Waals surface area contributed by atoms with Gasteiger partial charge in [0.2, 0.25) is 0 Å². The van der Waals surface area contributed by atoms with E-state index in [0.29, 0.717) is 21.0 Å². The molecule has 174 valence electrons. The average molecular weight is 482 g/mol. The lowest BCUT2D eigenvalue weighted by Crippen LogP contribution is -2.48. The van der Waals surface area contributed by atoms with Gasteiger partial charge in [0.15, 0.2) is 5.17 Å². The molecule has 1 unspecified atom stereocenters. The van der Waals surface area contributed by atoms with E-state index < -0.39 is 0 Å². The van der Waals surface area contributed by atoms with Crippen molar-refractivity contribution >= 4 is 51.9 Å². The van der Waals surface area contributed by atoms with Gasteiger partial charge in [-0.25, -0.2) is 4.99 Å². The van der Waals surface area contributed by atoms with E-state index in [4.69, 9.17) is 11.6 Å². The molecule has 2 aliphatic heterocycles. The number of anilines is 1. The van der Waals surface area contributed by atoms with Crippen LogP contribution < -0.4 is 10.2 Å². The minimum atomic E-state index is -0.139. The smallest absolute Gasteiger partial charge is 0.264 e. The molecule has 2 aromatic carbocycles. The molecule has 1 saturated heterocycles. The number of halogens is 1. The van der Waals surface area contributed by atoms with Gasteiger partial charge in [0.25, 0.3) is 5.91 Å². The summed E-state index contributed by atoms with van der Waals surface area (Å²) in [5.74, 6) is 0.283. The molecule has 6 heteroatoms. The van der Waals surface area contributed by atoms with E-state index in [1.807, 2.05) is 18.2 Å². The van der Waals surface area contributed by atoms with Gasteiger partial charge in [-0.05, 0) is 97.8 Å². The molecule has 0 aromatic heterocycles. The number of nitrogens with one attached hydrogen (secondary N) is 1. The van der Waals surface area contributed by atoms with Gasteiger partial charge < -0.3 is 10.2 Å². The molecule has 1 N–H and O–H groups in total. The Morgan fingerprint density at radius 1 is 1.24 bits per heavy atom. The van der Waals surface area contributed by atoms with E-state index >= 15 is 0 Å². The number of amidine groups is 1. The van der Waals surface area contributed by atoms with E-state index in [0.717, 1.165) is 37.1 Å². The molecular formula is C27H32ClN3OS. The van der Waals surface area contributed by atoms with Crippen LogP contribution in [0.25, 0.3) is 6.08 Å². The van der Waals surface area contributed by atoms with Crippen LogP contribution in [-0.2, 0) is 11.2 Å².